The molecule has 2 saturated carbocycles. The number of piperidine rings is 2. The van der Waals surface area contributed by atoms with Crippen molar-refractivity contribution in [3.63, 3.8) is 0 Å². The molecule has 6 aromatic rings. The summed E-state index contributed by atoms with van der Waals surface area (Å²) in [5, 5.41) is 28.4. The third-order valence-corrected chi connectivity index (χ3v) is 21.7. The Balaban J connectivity index is 0.000000189. The standard InChI is InChI=1S/C40H50N6O5.C29H35N3O4.C11H15N3O2/c1-39(2)37(40(3,4)38(39)51-32-13-9-29(24-41)34(23-32)49-5)43-35(47)28-7-10-30(11-8-28)45-17-15-27(16-18-45)26-44-19-21-46(22-20-44)31-12-14-33(42-25-31)36(48)50-6;1-28(2)26(29(3,4)27(28)36-23-11-8-21(17-30)24(16-23)35-5)31-25(34)20-6-9-22(10-7-20)32-14-12-19(18-33)13-15-32;1-16-11(15)10-3-2-9(8-13-10)14-6-4-12-5-7-14/h7-14,23,25,27,37-38H,15-22,26H2,1-6H3,(H,43,47);6-11,16,18-19,26-27H,12-15H2,1-5H3,(H,31,34);2-3,8,12H,4-7H2,1H3. The van der Waals surface area contributed by atoms with Crippen LogP contribution in [0.4, 0.5) is 22.7 Å². The van der Waals surface area contributed by atoms with Gasteiger partial charge in [-0.2, -0.15) is 10.5 Å². The number of nitrogens with zero attached hydrogens (tertiary/aromatic N) is 9. The Bertz CT molecular complexity index is 3960. The van der Waals surface area contributed by atoms with Crippen molar-refractivity contribution in [2.75, 3.05) is 133 Å². The minimum absolute atomic E-state index is 0.0838. The smallest absolute Gasteiger partial charge is 0.356 e. The van der Waals surface area contributed by atoms with E-state index in [2.05, 4.69) is 135 Å². The van der Waals surface area contributed by atoms with Crippen molar-refractivity contribution >= 4 is 52.8 Å². The number of aldehydes is 1. The summed E-state index contributed by atoms with van der Waals surface area (Å²) in [7, 11) is 5.80. The molecule has 0 atom stereocenters. The van der Waals surface area contributed by atoms with E-state index in [1.165, 1.54) is 21.3 Å². The van der Waals surface area contributed by atoms with Crippen LogP contribution in [0.1, 0.15) is 134 Å². The van der Waals surface area contributed by atoms with Crippen LogP contribution in [0.2, 0.25) is 0 Å². The summed E-state index contributed by atoms with van der Waals surface area (Å²) in [6.07, 6.45) is 8.27. The Labute approximate surface area is 606 Å². The molecule has 12 rings (SSSR count). The third kappa shape index (κ3) is 17.2. The maximum absolute atomic E-state index is 13.5. The topological polar surface area (TPSA) is 266 Å². The fraction of sp³-hybridized carbons (Fsp3) is 0.487. The first kappa shape index (κ1) is 75.7. The zero-order valence-electron chi connectivity index (χ0n) is 61.6. The van der Waals surface area contributed by atoms with Crippen molar-refractivity contribution in [1.29, 1.82) is 10.5 Å². The van der Waals surface area contributed by atoms with E-state index in [-0.39, 0.29) is 63.7 Å². The number of carbonyl (C=O) groups excluding carboxylic acids is 5. The number of hydrogen-bond donors (Lipinski definition) is 3. The van der Waals surface area contributed by atoms with Gasteiger partial charge in [-0.25, -0.2) is 19.6 Å². The average molecular weight is 1410 g/mol. The van der Waals surface area contributed by atoms with Crippen molar-refractivity contribution in [3.8, 4) is 35.1 Å². The first-order valence-corrected chi connectivity index (χ1v) is 35.7. The second-order valence-electron chi connectivity index (χ2n) is 29.8. The van der Waals surface area contributed by atoms with Gasteiger partial charge in [0.25, 0.3) is 11.8 Å². The van der Waals surface area contributed by atoms with Crippen LogP contribution >= 0.6 is 0 Å². The van der Waals surface area contributed by atoms with Crippen LogP contribution in [0.15, 0.2) is 122 Å². The number of esters is 2. The van der Waals surface area contributed by atoms with Gasteiger partial charge in [0, 0.05) is 159 Å². The van der Waals surface area contributed by atoms with Crippen molar-refractivity contribution < 1.29 is 52.4 Å². The summed E-state index contributed by atoms with van der Waals surface area (Å²) < 4.78 is 32.8. The van der Waals surface area contributed by atoms with Crippen LogP contribution < -0.4 is 54.5 Å². The highest BCUT2D eigenvalue weighted by Gasteiger charge is 2.65. The second kappa shape index (κ2) is 33.0. The molecule has 4 aromatic carbocycles. The molecule has 23 heteroatoms. The quantitative estimate of drug-likeness (QED) is 0.0502. The Kier molecular flexibility index (Phi) is 24.2. The monoisotopic (exact) mass is 1400 g/mol. The number of nitriles is 2. The molecular weight excluding hydrogens is 1300 g/mol. The van der Waals surface area contributed by atoms with Gasteiger partial charge in [-0.15, -0.1) is 0 Å². The molecule has 23 nitrogen and oxygen atoms in total. The summed E-state index contributed by atoms with van der Waals surface area (Å²) in [5.74, 6) is 2.06. The van der Waals surface area contributed by atoms with Crippen LogP contribution in [0.5, 0.6) is 23.0 Å². The molecule has 6 aliphatic rings. The first-order chi connectivity index (χ1) is 49.4. The molecule has 4 saturated heterocycles. The summed E-state index contributed by atoms with van der Waals surface area (Å²) in [6, 6.07) is 37.5. The molecule has 103 heavy (non-hydrogen) atoms. The lowest BCUT2D eigenvalue weighted by Gasteiger charge is -2.63. The van der Waals surface area contributed by atoms with Crippen LogP contribution in [0, 0.1) is 56.2 Å². The number of hydrogen-bond acceptors (Lipinski definition) is 21. The Morgan fingerprint density at radius 3 is 1.24 bits per heavy atom. The predicted octanol–water partition coefficient (Wildman–Crippen LogP) is 10.3. The highest BCUT2D eigenvalue weighted by Crippen LogP contribution is 2.57. The molecule has 2 amide bonds. The van der Waals surface area contributed by atoms with E-state index in [0.717, 1.165) is 140 Å². The lowest BCUT2D eigenvalue weighted by molar-refractivity contribution is -0.164. The van der Waals surface area contributed by atoms with Gasteiger partial charge in [0.1, 0.15) is 65.0 Å². The number of carbonyl (C=O) groups is 5. The number of ether oxygens (including phenoxy) is 6. The highest BCUT2D eigenvalue weighted by molar-refractivity contribution is 5.96. The molecule has 0 radical (unpaired) electrons. The van der Waals surface area contributed by atoms with Gasteiger partial charge in [0.2, 0.25) is 0 Å². The number of rotatable bonds is 19. The molecule has 2 aliphatic carbocycles. The average Bonchev–Trinajstić information content (AvgIpc) is 0.714. The minimum atomic E-state index is -0.416. The first-order valence-electron chi connectivity index (χ1n) is 35.7. The van der Waals surface area contributed by atoms with Gasteiger partial charge in [-0.05, 0) is 129 Å². The lowest BCUT2D eigenvalue weighted by Crippen LogP contribution is -2.74. The molecule has 6 fully saturated rings. The van der Waals surface area contributed by atoms with Gasteiger partial charge < -0.3 is 68.8 Å². The van der Waals surface area contributed by atoms with Crippen LogP contribution in [-0.2, 0) is 14.3 Å². The second-order valence-corrected chi connectivity index (χ2v) is 29.8. The highest BCUT2D eigenvalue weighted by atomic mass is 16.5. The predicted molar refractivity (Wildman–Crippen MR) is 396 cm³/mol. The van der Waals surface area contributed by atoms with E-state index in [1.807, 2.05) is 48.5 Å². The zero-order valence-corrected chi connectivity index (χ0v) is 61.6. The summed E-state index contributed by atoms with van der Waals surface area (Å²) in [4.78, 5) is 80.7. The van der Waals surface area contributed by atoms with Crippen molar-refractivity contribution in [2.24, 2.45) is 33.5 Å². The Morgan fingerprint density at radius 1 is 0.505 bits per heavy atom. The Morgan fingerprint density at radius 2 is 0.883 bits per heavy atom. The van der Waals surface area contributed by atoms with Crippen LogP contribution in [0.3, 0.4) is 0 Å². The van der Waals surface area contributed by atoms with Gasteiger partial charge in [0.05, 0.1) is 63.3 Å². The van der Waals surface area contributed by atoms with E-state index < -0.39 is 11.9 Å². The normalized spacial score (nSPS) is 21.1. The molecule has 2 aromatic heterocycles. The number of anilines is 4. The van der Waals surface area contributed by atoms with Gasteiger partial charge in [0.15, 0.2) is 0 Å². The van der Waals surface area contributed by atoms with Crippen molar-refractivity contribution in [2.45, 2.75) is 105 Å². The summed E-state index contributed by atoms with van der Waals surface area (Å²) >= 11 is 0. The summed E-state index contributed by atoms with van der Waals surface area (Å²) in [5.41, 5.74) is 5.90. The molecule has 0 bridgehead atoms. The maximum atomic E-state index is 13.5. The zero-order chi connectivity index (χ0) is 73.8. The Hall–Kier alpha value is -9.97. The number of nitrogens with one attached hydrogen (secondary N) is 3. The summed E-state index contributed by atoms with van der Waals surface area (Å²) in [6.45, 7) is 29.5. The molecule has 0 spiro atoms. The lowest BCUT2D eigenvalue weighted by atomic mass is 9.49. The molecule has 546 valence electrons. The van der Waals surface area contributed by atoms with Crippen molar-refractivity contribution in [1.82, 2.24) is 30.8 Å². The number of amides is 2. The van der Waals surface area contributed by atoms with E-state index in [9.17, 15) is 34.5 Å². The van der Waals surface area contributed by atoms with Crippen LogP contribution in [-0.4, -0.2) is 183 Å². The number of methoxy groups -OCH3 is 4. The number of pyridine rings is 2. The van der Waals surface area contributed by atoms with Gasteiger partial charge in [-0.1, -0.05) is 55.4 Å². The molecule has 0 unspecified atom stereocenters. The minimum Gasteiger partial charge on any atom is -0.495 e. The molecule has 3 N–H and O–H groups in total. The fourth-order valence-electron chi connectivity index (χ4n) is 16.4. The third-order valence-electron chi connectivity index (χ3n) is 21.7. The number of benzene rings is 4. The van der Waals surface area contributed by atoms with Crippen molar-refractivity contribution in [3.05, 3.63) is 155 Å². The van der Waals surface area contributed by atoms with Gasteiger partial charge in [-0.3, -0.25) is 14.5 Å². The molecule has 6 heterocycles. The van der Waals surface area contributed by atoms with Gasteiger partial charge >= 0.3 is 11.9 Å². The largest absolute Gasteiger partial charge is 0.495 e. The SMILES string of the molecule is COC(=O)c1ccc(N2CCN(CC3CCN(c4ccc(C(=O)NC5C(C)(C)C(Oc6ccc(C#N)c(OC)c6)C5(C)C)cc4)CC3)CC2)cn1.COC(=O)c1ccc(N2CCNCC2)cn1.COc1cc(OC2C(C)(C)C(NC(=O)c3ccc(N4CCC(C=O)CC4)cc3)C2(C)C)ccc1C#N. The van der Waals surface area contributed by atoms with E-state index in [1.54, 1.807) is 68.0 Å². The number of piperazine rings is 2. The number of aromatic nitrogens is 2. The van der Waals surface area contributed by atoms with E-state index in [4.69, 9.17) is 23.7 Å². The fourth-order valence-corrected chi connectivity index (χ4v) is 16.4. The van der Waals surface area contributed by atoms with E-state index in [0.29, 0.717) is 62.6 Å². The maximum Gasteiger partial charge on any atom is 0.356 e. The van der Waals surface area contributed by atoms with E-state index >= 15 is 0 Å². The molecular formula is C80H100N12O11. The molecule has 4 aliphatic heterocycles. The van der Waals surface area contributed by atoms with Crippen LogP contribution in [0.25, 0.3) is 0 Å².